The van der Waals surface area contributed by atoms with Gasteiger partial charge in [-0.05, 0) is 25.0 Å². The van der Waals surface area contributed by atoms with Crippen molar-refractivity contribution in [1.29, 1.82) is 0 Å². The highest BCUT2D eigenvalue weighted by molar-refractivity contribution is 6.40. The Morgan fingerprint density at radius 2 is 1.73 bits per heavy atom. The second-order valence-electron chi connectivity index (χ2n) is 5.70. The molecule has 7 nitrogen and oxygen atoms in total. The lowest BCUT2D eigenvalue weighted by Crippen LogP contribution is -2.45. The Morgan fingerprint density at radius 1 is 1.08 bits per heavy atom. The van der Waals surface area contributed by atoms with Crippen LogP contribution in [0.1, 0.15) is 40.1 Å². The predicted molar refractivity (Wildman–Crippen MR) is 103 cm³/mol. The van der Waals surface area contributed by atoms with Crippen LogP contribution in [-0.4, -0.2) is 40.1 Å². The molecule has 10 heteroatoms. The lowest BCUT2D eigenvalue weighted by Gasteiger charge is -2.26. The third kappa shape index (κ3) is 4.67. The van der Waals surface area contributed by atoms with E-state index in [1.54, 1.807) is 18.2 Å². The minimum Gasteiger partial charge on any atom is -0.319 e. The van der Waals surface area contributed by atoms with E-state index in [1.165, 1.54) is 6.20 Å². The van der Waals surface area contributed by atoms with Crippen LogP contribution in [0.25, 0.3) is 0 Å². The molecule has 0 bridgehead atoms. The molecule has 1 aromatic carbocycles. The second kappa shape index (κ2) is 9.23. The highest BCUT2D eigenvalue weighted by atomic mass is 35.5. The Labute approximate surface area is 166 Å². The van der Waals surface area contributed by atoms with Crippen LogP contribution >= 0.6 is 35.6 Å². The van der Waals surface area contributed by atoms with Crippen LogP contribution in [0.15, 0.2) is 24.4 Å². The summed E-state index contributed by atoms with van der Waals surface area (Å²) in [6.07, 6.45) is 4.61. The van der Waals surface area contributed by atoms with Gasteiger partial charge in [-0.25, -0.2) is 5.01 Å². The SMILES string of the molecule is Cl.O=C(NN1CCCCC1)c1[nH]ncc1NC(=O)c1c(Cl)cccc1Cl. The van der Waals surface area contributed by atoms with Gasteiger partial charge in [0.1, 0.15) is 5.69 Å². The van der Waals surface area contributed by atoms with Gasteiger partial charge >= 0.3 is 0 Å². The number of hydrazine groups is 1. The quantitative estimate of drug-likeness (QED) is 0.708. The van der Waals surface area contributed by atoms with Crippen molar-refractivity contribution in [1.82, 2.24) is 20.6 Å². The first-order valence-electron chi connectivity index (χ1n) is 7.91. The molecule has 1 fully saturated rings. The summed E-state index contributed by atoms with van der Waals surface area (Å²) in [6, 6.07) is 4.79. The van der Waals surface area contributed by atoms with Crippen molar-refractivity contribution in [2.75, 3.05) is 18.4 Å². The molecule has 2 aromatic rings. The third-order valence-corrected chi connectivity index (χ3v) is 4.55. The third-order valence-electron chi connectivity index (χ3n) is 3.92. The van der Waals surface area contributed by atoms with Gasteiger partial charge < -0.3 is 5.32 Å². The molecule has 140 valence electrons. The van der Waals surface area contributed by atoms with Gasteiger partial charge in [0, 0.05) is 13.1 Å². The van der Waals surface area contributed by atoms with Gasteiger partial charge in [0.05, 0.1) is 27.5 Å². The summed E-state index contributed by atoms with van der Waals surface area (Å²) in [5.41, 5.74) is 3.39. The Bertz CT molecular complexity index is 770. The van der Waals surface area contributed by atoms with Crippen molar-refractivity contribution in [2.45, 2.75) is 19.3 Å². The van der Waals surface area contributed by atoms with E-state index in [9.17, 15) is 9.59 Å². The lowest BCUT2D eigenvalue weighted by atomic mass is 10.2. The maximum absolute atomic E-state index is 12.5. The molecule has 3 rings (SSSR count). The van der Waals surface area contributed by atoms with Crippen LogP contribution in [0, 0.1) is 0 Å². The number of amides is 2. The zero-order chi connectivity index (χ0) is 17.8. The molecular weight excluding hydrogens is 401 g/mol. The maximum atomic E-state index is 12.5. The number of benzene rings is 1. The van der Waals surface area contributed by atoms with E-state index in [-0.39, 0.29) is 45.3 Å². The summed E-state index contributed by atoms with van der Waals surface area (Å²) in [4.78, 5) is 24.9. The van der Waals surface area contributed by atoms with Crippen LogP contribution in [0.2, 0.25) is 10.0 Å². The van der Waals surface area contributed by atoms with Crippen molar-refractivity contribution in [3.8, 4) is 0 Å². The lowest BCUT2D eigenvalue weighted by molar-refractivity contribution is 0.0745. The summed E-state index contributed by atoms with van der Waals surface area (Å²) >= 11 is 12.1. The molecular formula is C16H18Cl3N5O2. The Balaban J connectivity index is 0.00000243. The van der Waals surface area contributed by atoms with Crippen molar-refractivity contribution in [2.24, 2.45) is 0 Å². The molecule has 26 heavy (non-hydrogen) atoms. The summed E-state index contributed by atoms with van der Waals surface area (Å²) in [6.45, 7) is 1.60. The maximum Gasteiger partial charge on any atom is 0.285 e. The van der Waals surface area contributed by atoms with Gasteiger partial charge in [0.25, 0.3) is 11.8 Å². The van der Waals surface area contributed by atoms with Gasteiger partial charge in [-0.3, -0.25) is 20.1 Å². The zero-order valence-corrected chi connectivity index (χ0v) is 16.0. The van der Waals surface area contributed by atoms with Gasteiger partial charge in [0.2, 0.25) is 0 Å². The molecule has 1 aliphatic heterocycles. The normalized spacial score (nSPS) is 14.4. The Kier molecular flexibility index (Phi) is 7.28. The van der Waals surface area contributed by atoms with E-state index in [4.69, 9.17) is 23.2 Å². The number of carbonyl (C=O) groups is 2. The van der Waals surface area contributed by atoms with E-state index < -0.39 is 5.91 Å². The van der Waals surface area contributed by atoms with Crippen molar-refractivity contribution in [3.05, 3.63) is 45.7 Å². The molecule has 1 aromatic heterocycles. The Hall–Kier alpha value is -1.80. The smallest absolute Gasteiger partial charge is 0.285 e. The number of nitrogens with one attached hydrogen (secondary N) is 3. The molecule has 0 saturated carbocycles. The number of aromatic nitrogens is 2. The fraction of sp³-hybridized carbons (Fsp3) is 0.312. The van der Waals surface area contributed by atoms with Gasteiger partial charge in [0.15, 0.2) is 0 Å². The molecule has 0 atom stereocenters. The molecule has 0 spiro atoms. The average Bonchev–Trinajstić information content (AvgIpc) is 3.04. The minimum atomic E-state index is -0.510. The first-order chi connectivity index (χ1) is 12.1. The topological polar surface area (TPSA) is 90.1 Å². The van der Waals surface area contributed by atoms with Gasteiger partial charge in [-0.2, -0.15) is 5.10 Å². The predicted octanol–water partition coefficient (Wildman–Crippen LogP) is 3.52. The number of piperidine rings is 1. The fourth-order valence-corrected chi connectivity index (χ4v) is 3.23. The van der Waals surface area contributed by atoms with E-state index in [0.29, 0.717) is 0 Å². The van der Waals surface area contributed by atoms with Crippen LogP contribution in [0.3, 0.4) is 0 Å². The summed E-state index contributed by atoms with van der Waals surface area (Å²) in [7, 11) is 0. The number of anilines is 1. The number of carbonyl (C=O) groups excluding carboxylic acids is 2. The Morgan fingerprint density at radius 3 is 2.38 bits per heavy atom. The highest BCUT2D eigenvalue weighted by Gasteiger charge is 2.21. The number of hydrogen-bond acceptors (Lipinski definition) is 4. The highest BCUT2D eigenvalue weighted by Crippen LogP contribution is 2.25. The largest absolute Gasteiger partial charge is 0.319 e. The zero-order valence-electron chi connectivity index (χ0n) is 13.7. The molecule has 0 unspecified atom stereocenters. The number of hydrogen-bond donors (Lipinski definition) is 3. The van der Waals surface area contributed by atoms with Crippen molar-refractivity contribution < 1.29 is 9.59 Å². The van der Waals surface area contributed by atoms with Crippen LogP contribution in [0.5, 0.6) is 0 Å². The van der Waals surface area contributed by atoms with Gasteiger partial charge in [-0.1, -0.05) is 35.7 Å². The second-order valence-corrected chi connectivity index (χ2v) is 6.51. The molecule has 0 radical (unpaired) electrons. The number of nitrogens with zero attached hydrogens (tertiary/aromatic N) is 2. The summed E-state index contributed by atoms with van der Waals surface area (Å²) in [5.74, 6) is -0.871. The van der Waals surface area contributed by atoms with Crippen LogP contribution in [0.4, 0.5) is 5.69 Å². The van der Waals surface area contributed by atoms with E-state index in [0.717, 1.165) is 32.4 Å². The number of rotatable bonds is 4. The van der Waals surface area contributed by atoms with E-state index >= 15 is 0 Å². The molecule has 2 heterocycles. The molecule has 2 amide bonds. The fourth-order valence-electron chi connectivity index (χ4n) is 2.66. The van der Waals surface area contributed by atoms with Crippen LogP contribution in [-0.2, 0) is 0 Å². The minimum absolute atomic E-state index is 0. The monoisotopic (exact) mass is 417 g/mol. The number of aromatic amines is 1. The van der Waals surface area contributed by atoms with E-state index in [2.05, 4.69) is 20.9 Å². The van der Waals surface area contributed by atoms with Crippen LogP contribution < -0.4 is 10.7 Å². The van der Waals surface area contributed by atoms with E-state index in [1.807, 2.05) is 5.01 Å². The molecule has 1 aliphatic rings. The van der Waals surface area contributed by atoms with Crippen molar-refractivity contribution >= 4 is 53.1 Å². The standard InChI is InChI=1S/C16H17Cl2N5O2.ClH/c17-10-5-4-6-11(18)13(10)15(24)20-12-9-19-21-14(12)16(25)22-23-7-2-1-3-8-23;/h4-6,9H,1-3,7-8H2,(H,19,21)(H,20,24)(H,22,25);1H. The number of H-pyrrole nitrogens is 1. The molecule has 3 N–H and O–H groups in total. The average molecular weight is 419 g/mol. The first-order valence-corrected chi connectivity index (χ1v) is 8.66. The number of halogens is 3. The van der Waals surface area contributed by atoms with Gasteiger partial charge in [-0.15, -0.1) is 12.4 Å². The first kappa shape index (κ1) is 20.5. The van der Waals surface area contributed by atoms with Crippen molar-refractivity contribution in [3.63, 3.8) is 0 Å². The molecule has 1 saturated heterocycles. The summed E-state index contributed by atoms with van der Waals surface area (Å²) < 4.78 is 0. The summed E-state index contributed by atoms with van der Waals surface area (Å²) in [5, 5.41) is 11.4. The molecule has 0 aliphatic carbocycles.